The van der Waals surface area contributed by atoms with Gasteiger partial charge in [0.2, 0.25) is 5.91 Å². The molecule has 1 heterocycles. The summed E-state index contributed by atoms with van der Waals surface area (Å²) in [5, 5.41) is 17.0. The minimum absolute atomic E-state index is 0.0849. The fourth-order valence-electron chi connectivity index (χ4n) is 2.67. The van der Waals surface area contributed by atoms with Crippen molar-refractivity contribution in [1.82, 2.24) is 10.5 Å². The van der Waals surface area contributed by atoms with Crippen LogP contribution in [0.5, 0.6) is 0 Å². The number of amides is 1. The zero-order chi connectivity index (χ0) is 18.6. The quantitative estimate of drug-likeness (QED) is 0.837. The van der Waals surface area contributed by atoms with Crippen LogP contribution in [0.1, 0.15) is 67.9 Å². The highest BCUT2D eigenvalue weighted by atomic mass is 16.5. The highest BCUT2D eigenvalue weighted by Gasteiger charge is 2.16. The maximum atomic E-state index is 12.0. The summed E-state index contributed by atoms with van der Waals surface area (Å²) in [4.78, 5) is 12.0. The van der Waals surface area contributed by atoms with E-state index in [0.29, 0.717) is 13.0 Å². The summed E-state index contributed by atoms with van der Waals surface area (Å²) in [6.07, 6.45) is 0.0206. The topological polar surface area (TPSA) is 75.4 Å². The lowest BCUT2D eigenvalue weighted by atomic mass is 9.86. The normalized spacial score (nSPS) is 12.9. The molecule has 0 aliphatic heterocycles. The second-order valence-corrected chi connectivity index (χ2v) is 7.51. The van der Waals surface area contributed by atoms with Gasteiger partial charge in [0, 0.05) is 18.5 Å². The number of aryl methyl sites for hydroxylation is 2. The monoisotopic (exact) mass is 344 g/mol. The molecule has 2 aromatic rings. The molecule has 5 heteroatoms. The summed E-state index contributed by atoms with van der Waals surface area (Å²) in [6, 6.07) is 7.95. The van der Waals surface area contributed by atoms with E-state index in [1.807, 2.05) is 38.1 Å². The summed E-state index contributed by atoms with van der Waals surface area (Å²) in [6.45, 7) is 10.5. The lowest BCUT2D eigenvalue weighted by molar-refractivity contribution is -0.121. The molecule has 1 amide bonds. The Labute approximate surface area is 149 Å². The SMILES string of the molecule is Cc1noc(C)c1CNC(=O)CCC(O)c1ccc(C(C)(C)C)cc1. The Morgan fingerprint density at radius 2 is 1.88 bits per heavy atom. The molecule has 1 atom stereocenters. The molecule has 0 saturated heterocycles. The average Bonchev–Trinajstić information content (AvgIpc) is 2.88. The Balaban J connectivity index is 1.83. The Hall–Kier alpha value is -2.14. The summed E-state index contributed by atoms with van der Waals surface area (Å²) < 4.78 is 5.08. The van der Waals surface area contributed by atoms with Crippen molar-refractivity contribution in [2.45, 2.75) is 65.5 Å². The highest BCUT2D eigenvalue weighted by Crippen LogP contribution is 2.25. The lowest BCUT2D eigenvalue weighted by Gasteiger charge is -2.20. The van der Waals surface area contributed by atoms with Crippen molar-refractivity contribution in [3.05, 3.63) is 52.4 Å². The van der Waals surface area contributed by atoms with Crippen LogP contribution in [0.2, 0.25) is 0 Å². The van der Waals surface area contributed by atoms with E-state index >= 15 is 0 Å². The number of hydrogen-bond donors (Lipinski definition) is 2. The lowest BCUT2D eigenvalue weighted by Crippen LogP contribution is -2.23. The molecule has 2 N–H and O–H groups in total. The molecule has 136 valence electrons. The van der Waals surface area contributed by atoms with Gasteiger partial charge in [-0.05, 0) is 36.8 Å². The molecule has 0 radical (unpaired) electrons. The molecular formula is C20H28N2O3. The van der Waals surface area contributed by atoms with E-state index in [1.54, 1.807) is 0 Å². The first-order chi connectivity index (χ1) is 11.7. The zero-order valence-electron chi connectivity index (χ0n) is 15.7. The van der Waals surface area contributed by atoms with Crippen LogP contribution in [0.15, 0.2) is 28.8 Å². The van der Waals surface area contributed by atoms with Gasteiger partial charge < -0.3 is 14.9 Å². The first kappa shape index (κ1) is 19.2. The summed E-state index contributed by atoms with van der Waals surface area (Å²) in [7, 11) is 0. The fourth-order valence-corrected chi connectivity index (χ4v) is 2.67. The van der Waals surface area contributed by atoms with Crippen LogP contribution in [0, 0.1) is 13.8 Å². The molecular weight excluding hydrogens is 316 g/mol. The van der Waals surface area contributed by atoms with Crippen LogP contribution in [-0.2, 0) is 16.8 Å². The third-order valence-electron chi connectivity index (χ3n) is 4.45. The van der Waals surface area contributed by atoms with Crippen molar-refractivity contribution >= 4 is 5.91 Å². The fraction of sp³-hybridized carbons (Fsp3) is 0.500. The number of rotatable bonds is 6. The van der Waals surface area contributed by atoms with Gasteiger partial charge in [0.25, 0.3) is 0 Å². The minimum Gasteiger partial charge on any atom is -0.388 e. The van der Waals surface area contributed by atoms with Crippen molar-refractivity contribution in [1.29, 1.82) is 0 Å². The smallest absolute Gasteiger partial charge is 0.220 e. The van der Waals surface area contributed by atoms with E-state index in [4.69, 9.17) is 4.52 Å². The van der Waals surface area contributed by atoms with E-state index in [1.165, 1.54) is 5.56 Å². The standard InChI is InChI=1S/C20H28N2O3/c1-13-17(14(2)25-22-13)12-21-19(24)11-10-18(23)15-6-8-16(9-7-15)20(3,4)5/h6-9,18,23H,10-12H2,1-5H3,(H,21,24). The third-order valence-corrected chi connectivity index (χ3v) is 4.45. The van der Waals surface area contributed by atoms with Crippen molar-refractivity contribution in [2.75, 3.05) is 0 Å². The van der Waals surface area contributed by atoms with Crippen LogP contribution in [0.25, 0.3) is 0 Å². The van der Waals surface area contributed by atoms with Crippen LogP contribution in [-0.4, -0.2) is 16.2 Å². The second kappa shape index (κ2) is 7.83. The Morgan fingerprint density at radius 1 is 1.24 bits per heavy atom. The van der Waals surface area contributed by atoms with Gasteiger partial charge in [-0.15, -0.1) is 0 Å². The van der Waals surface area contributed by atoms with Crippen molar-refractivity contribution in [3.63, 3.8) is 0 Å². The molecule has 1 aromatic carbocycles. The van der Waals surface area contributed by atoms with E-state index < -0.39 is 6.10 Å². The number of benzene rings is 1. The molecule has 0 aliphatic rings. The van der Waals surface area contributed by atoms with Crippen LogP contribution >= 0.6 is 0 Å². The molecule has 25 heavy (non-hydrogen) atoms. The minimum atomic E-state index is -0.640. The van der Waals surface area contributed by atoms with Gasteiger partial charge in [0.1, 0.15) is 5.76 Å². The van der Waals surface area contributed by atoms with Gasteiger partial charge in [-0.3, -0.25) is 4.79 Å². The molecule has 0 aliphatic carbocycles. The Bertz CT molecular complexity index is 692. The number of aliphatic hydroxyl groups excluding tert-OH is 1. The van der Waals surface area contributed by atoms with Gasteiger partial charge in [-0.25, -0.2) is 0 Å². The third kappa shape index (κ3) is 5.16. The summed E-state index contributed by atoms with van der Waals surface area (Å²) in [5.74, 6) is 0.627. The van der Waals surface area contributed by atoms with Gasteiger partial charge in [-0.2, -0.15) is 0 Å². The zero-order valence-corrected chi connectivity index (χ0v) is 15.7. The van der Waals surface area contributed by atoms with Gasteiger partial charge >= 0.3 is 0 Å². The van der Waals surface area contributed by atoms with Crippen LogP contribution < -0.4 is 5.32 Å². The van der Waals surface area contributed by atoms with Crippen LogP contribution in [0.4, 0.5) is 0 Å². The maximum Gasteiger partial charge on any atom is 0.220 e. The predicted molar refractivity (Wildman–Crippen MR) is 97.2 cm³/mol. The predicted octanol–water partition coefficient (Wildman–Crippen LogP) is 3.72. The number of aromatic nitrogens is 1. The first-order valence-electron chi connectivity index (χ1n) is 8.65. The Kier molecular flexibility index (Phi) is 6.01. The van der Waals surface area contributed by atoms with Crippen molar-refractivity contribution < 1.29 is 14.4 Å². The largest absolute Gasteiger partial charge is 0.388 e. The first-order valence-corrected chi connectivity index (χ1v) is 8.65. The summed E-state index contributed by atoms with van der Waals surface area (Å²) in [5.41, 5.74) is 3.84. The average molecular weight is 344 g/mol. The Morgan fingerprint density at radius 3 is 2.40 bits per heavy atom. The number of hydrogen-bond acceptors (Lipinski definition) is 4. The molecule has 2 rings (SSSR count). The molecule has 0 spiro atoms. The number of carbonyl (C=O) groups is 1. The van der Waals surface area contributed by atoms with E-state index in [9.17, 15) is 9.90 Å². The van der Waals surface area contributed by atoms with Crippen molar-refractivity contribution in [2.24, 2.45) is 0 Å². The van der Waals surface area contributed by atoms with Gasteiger partial charge in [0.15, 0.2) is 0 Å². The number of nitrogens with zero attached hydrogens (tertiary/aromatic N) is 1. The van der Waals surface area contributed by atoms with Crippen LogP contribution in [0.3, 0.4) is 0 Å². The number of carbonyl (C=O) groups excluding carboxylic acids is 1. The van der Waals surface area contributed by atoms with E-state index in [-0.39, 0.29) is 17.7 Å². The molecule has 1 unspecified atom stereocenters. The number of nitrogens with one attached hydrogen (secondary N) is 1. The summed E-state index contributed by atoms with van der Waals surface area (Å²) >= 11 is 0. The number of aliphatic hydroxyl groups is 1. The van der Waals surface area contributed by atoms with Crippen molar-refractivity contribution in [3.8, 4) is 0 Å². The molecule has 5 nitrogen and oxygen atoms in total. The van der Waals surface area contributed by atoms with E-state index in [0.717, 1.165) is 22.6 Å². The second-order valence-electron chi connectivity index (χ2n) is 7.51. The molecule has 0 bridgehead atoms. The van der Waals surface area contributed by atoms with Gasteiger partial charge in [-0.1, -0.05) is 50.2 Å². The molecule has 0 saturated carbocycles. The molecule has 0 fully saturated rings. The van der Waals surface area contributed by atoms with E-state index in [2.05, 4.69) is 31.2 Å². The highest BCUT2D eigenvalue weighted by molar-refractivity contribution is 5.75. The van der Waals surface area contributed by atoms with Gasteiger partial charge in [0.05, 0.1) is 11.8 Å². The maximum absolute atomic E-state index is 12.0. The molecule has 1 aromatic heterocycles.